The second kappa shape index (κ2) is 8.15. The van der Waals surface area contributed by atoms with Crippen LogP contribution in [0.4, 0.5) is 9.59 Å². The topological polar surface area (TPSA) is 85.2 Å². The number of hydrogen-bond donors (Lipinski definition) is 2. The molecule has 0 saturated carbocycles. The molecule has 3 rings (SSSR count). The number of imide groups is 1. The maximum atomic E-state index is 12.7. The smallest absolute Gasteiger partial charge is 0.330 e. The molecule has 0 aliphatic carbocycles. The van der Waals surface area contributed by atoms with Gasteiger partial charge in [-0.05, 0) is 42.7 Å². The summed E-state index contributed by atoms with van der Waals surface area (Å²) in [5.74, 6) is 0. The Hall–Kier alpha value is -3.30. The number of carbonyl (C=O) groups excluding carboxylic acids is 2. The quantitative estimate of drug-likeness (QED) is 0.797. The summed E-state index contributed by atoms with van der Waals surface area (Å²) in [4.78, 5) is 26.4. The van der Waals surface area contributed by atoms with Crippen LogP contribution in [0.25, 0.3) is 11.1 Å². The number of halogens is 1. The van der Waals surface area contributed by atoms with E-state index in [0.717, 1.165) is 16.0 Å². The van der Waals surface area contributed by atoms with E-state index in [1.807, 2.05) is 36.4 Å². The highest BCUT2D eigenvalue weighted by molar-refractivity contribution is 6.30. The predicted octanol–water partition coefficient (Wildman–Crippen LogP) is 4.60. The summed E-state index contributed by atoms with van der Waals surface area (Å²) < 4.78 is 0. The third-order valence-electron chi connectivity index (χ3n) is 4.53. The van der Waals surface area contributed by atoms with Crippen molar-refractivity contribution in [3.05, 3.63) is 70.4 Å². The van der Waals surface area contributed by atoms with Crippen molar-refractivity contribution in [2.24, 2.45) is 0 Å². The summed E-state index contributed by atoms with van der Waals surface area (Å²) in [6.45, 7) is 3.78. The van der Waals surface area contributed by atoms with Crippen molar-refractivity contribution >= 4 is 23.7 Å². The van der Waals surface area contributed by atoms with Crippen LogP contribution in [-0.2, 0) is 0 Å². The molecule has 2 aromatic carbocycles. The van der Waals surface area contributed by atoms with Gasteiger partial charge in [0.1, 0.15) is 6.04 Å². The molecular formula is C21H19ClN4O2. The highest BCUT2D eigenvalue weighted by atomic mass is 35.5. The van der Waals surface area contributed by atoms with E-state index in [4.69, 9.17) is 11.6 Å². The predicted molar refractivity (Wildman–Crippen MR) is 107 cm³/mol. The van der Waals surface area contributed by atoms with Gasteiger partial charge in [0.05, 0.1) is 11.6 Å². The number of benzene rings is 2. The van der Waals surface area contributed by atoms with Crippen molar-refractivity contribution in [1.29, 1.82) is 5.26 Å². The van der Waals surface area contributed by atoms with E-state index in [1.54, 1.807) is 26.0 Å². The highest BCUT2D eigenvalue weighted by Gasteiger charge is 2.39. The lowest BCUT2D eigenvalue weighted by Crippen LogP contribution is -2.53. The SMILES string of the molecule is CCNC(=O)N1C(=O)NC(C)=C(C#N)C1c1ccccc1-c1ccc(Cl)cc1. The third kappa shape index (κ3) is 3.57. The van der Waals surface area contributed by atoms with E-state index in [2.05, 4.69) is 16.7 Å². The molecule has 142 valence electrons. The molecule has 0 saturated heterocycles. The molecule has 0 spiro atoms. The first-order valence-electron chi connectivity index (χ1n) is 8.81. The van der Waals surface area contributed by atoms with Gasteiger partial charge in [0.25, 0.3) is 0 Å². The van der Waals surface area contributed by atoms with E-state index in [9.17, 15) is 14.9 Å². The molecule has 2 N–H and O–H groups in total. The number of rotatable bonds is 3. The molecule has 0 fully saturated rings. The van der Waals surface area contributed by atoms with Crippen molar-refractivity contribution in [2.75, 3.05) is 6.54 Å². The monoisotopic (exact) mass is 394 g/mol. The summed E-state index contributed by atoms with van der Waals surface area (Å²) in [7, 11) is 0. The first-order valence-corrected chi connectivity index (χ1v) is 9.19. The molecule has 0 aromatic heterocycles. The van der Waals surface area contributed by atoms with Crippen LogP contribution in [0.1, 0.15) is 25.5 Å². The number of hydrogen-bond acceptors (Lipinski definition) is 3. The van der Waals surface area contributed by atoms with Crippen molar-refractivity contribution in [3.63, 3.8) is 0 Å². The molecule has 4 amide bonds. The Morgan fingerprint density at radius 3 is 2.57 bits per heavy atom. The van der Waals surface area contributed by atoms with Crippen LogP contribution >= 0.6 is 11.6 Å². The molecule has 1 aliphatic heterocycles. The van der Waals surface area contributed by atoms with Gasteiger partial charge in [-0.25, -0.2) is 14.5 Å². The number of nitriles is 1. The van der Waals surface area contributed by atoms with Crippen molar-refractivity contribution in [1.82, 2.24) is 15.5 Å². The summed E-state index contributed by atoms with van der Waals surface area (Å²) in [6, 6.07) is 14.9. The van der Waals surface area contributed by atoms with E-state index in [1.165, 1.54) is 0 Å². The van der Waals surface area contributed by atoms with Crippen molar-refractivity contribution in [3.8, 4) is 17.2 Å². The minimum Gasteiger partial charge on any atom is -0.338 e. The number of nitrogens with zero attached hydrogens (tertiary/aromatic N) is 2. The van der Waals surface area contributed by atoms with Gasteiger partial charge in [0, 0.05) is 17.3 Å². The van der Waals surface area contributed by atoms with Crippen molar-refractivity contribution in [2.45, 2.75) is 19.9 Å². The molecule has 1 aliphatic rings. The molecule has 7 heteroatoms. The van der Waals surface area contributed by atoms with Gasteiger partial charge in [0.15, 0.2) is 0 Å². The average molecular weight is 395 g/mol. The first-order chi connectivity index (χ1) is 13.5. The van der Waals surface area contributed by atoms with Gasteiger partial charge in [-0.2, -0.15) is 5.26 Å². The standard InChI is InChI=1S/C21H19ClN4O2/c1-3-24-20(27)26-19(18(12-23)13(2)25-21(26)28)17-7-5-4-6-16(17)14-8-10-15(22)11-9-14/h4-11,19H,3H2,1-2H3,(H,24,27)(H,25,28). The highest BCUT2D eigenvalue weighted by Crippen LogP contribution is 2.38. The second-order valence-corrected chi connectivity index (χ2v) is 6.72. The summed E-state index contributed by atoms with van der Waals surface area (Å²) in [5.41, 5.74) is 3.11. The number of nitrogens with one attached hydrogen (secondary N) is 2. The van der Waals surface area contributed by atoms with Gasteiger partial charge in [-0.1, -0.05) is 48.0 Å². The Labute approximate surface area is 168 Å². The fraction of sp³-hybridized carbons (Fsp3) is 0.190. The van der Waals surface area contributed by atoms with Crippen LogP contribution in [0.2, 0.25) is 5.02 Å². The van der Waals surface area contributed by atoms with E-state index in [0.29, 0.717) is 28.4 Å². The lowest BCUT2D eigenvalue weighted by molar-refractivity contribution is 0.173. The molecule has 2 aromatic rings. The van der Waals surface area contributed by atoms with Crippen molar-refractivity contribution < 1.29 is 9.59 Å². The largest absolute Gasteiger partial charge is 0.338 e. The minimum atomic E-state index is -0.836. The normalized spacial score (nSPS) is 16.4. The molecule has 6 nitrogen and oxygen atoms in total. The second-order valence-electron chi connectivity index (χ2n) is 6.28. The minimum absolute atomic E-state index is 0.312. The zero-order valence-electron chi connectivity index (χ0n) is 15.5. The van der Waals surface area contributed by atoms with Gasteiger partial charge < -0.3 is 10.6 Å². The fourth-order valence-corrected chi connectivity index (χ4v) is 3.38. The number of allylic oxidation sites excluding steroid dienone is 1. The molecule has 0 radical (unpaired) electrons. The van der Waals surface area contributed by atoms with Gasteiger partial charge in [-0.3, -0.25) is 0 Å². The van der Waals surface area contributed by atoms with Crippen LogP contribution in [0.15, 0.2) is 59.8 Å². The number of urea groups is 2. The number of amides is 4. The molecule has 1 heterocycles. The Kier molecular flexibility index (Phi) is 5.67. The first kappa shape index (κ1) is 19.5. The maximum absolute atomic E-state index is 12.7. The van der Waals surface area contributed by atoms with Crippen LogP contribution < -0.4 is 10.6 Å². The van der Waals surface area contributed by atoms with Crippen LogP contribution in [0.3, 0.4) is 0 Å². The van der Waals surface area contributed by atoms with E-state index < -0.39 is 18.1 Å². The Balaban J connectivity index is 2.22. The zero-order valence-corrected chi connectivity index (χ0v) is 16.2. The summed E-state index contributed by atoms with van der Waals surface area (Å²) in [5, 5.41) is 15.6. The van der Waals surface area contributed by atoms with E-state index >= 15 is 0 Å². The summed E-state index contributed by atoms with van der Waals surface area (Å²) >= 11 is 6.01. The Bertz CT molecular complexity index is 992. The number of carbonyl (C=O) groups is 2. The molecule has 0 bridgehead atoms. The maximum Gasteiger partial charge on any atom is 0.330 e. The average Bonchev–Trinajstić information content (AvgIpc) is 2.68. The summed E-state index contributed by atoms with van der Waals surface area (Å²) in [6.07, 6.45) is 0. The molecular weight excluding hydrogens is 376 g/mol. The Morgan fingerprint density at radius 2 is 1.93 bits per heavy atom. The zero-order chi connectivity index (χ0) is 20.3. The lowest BCUT2D eigenvalue weighted by atomic mass is 9.88. The molecule has 1 unspecified atom stereocenters. The van der Waals surface area contributed by atoms with Gasteiger partial charge >= 0.3 is 12.1 Å². The van der Waals surface area contributed by atoms with Crippen LogP contribution in [-0.4, -0.2) is 23.5 Å². The lowest BCUT2D eigenvalue weighted by Gasteiger charge is -2.35. The van der Waals surface area contributed by atoms with Crippen LogP contribution in [0.5, 0.6) is 0 Å². The Morgan fingerprint density at radius 1 is 1.25 bits per heavy atom. The fourth-order valence-electron chi connectivity index (χ4n) is 3.25. The molecule has 28 heavy (non-hydrogen) atoms. The molecule has 1 atom stereocenters. The van der Waals surface area contributed by atoms with E-state index in [-0.39, 0.29) is 0 Å². The van der Waals surface area contributed by atoms with Gasteiger partial charge in [0.2, 0.25) is 0 Å². The van der Waals surface area contributed by atoms with Gasteiger partial charge in [-0.15, -0.1) is 0 Å². The van der Waals surface area contributed by atoms with Crippen LogP contribution in [0, 0.1) is 11.3 Å². The third-order valence-corrected chi connectivity index (χ3v) is 4.78.